The van der Waals surface area contributed by atoms with Crippen molar-refractivity contribution in [3.63, 3.8) is 0 Å². The van der Waals surface area contributed by atoms with E-state index in [2.05, 4.69) is 0 Å². The Labute approximate surface area is 117 Å². The zero-order valence-electron chi connectivity index (χ0n) is 10.7. The lowest BCUT2D eigenvalue weighted by molar-refractivity contribution is -0.174. The van der Waals surface area contributed by atoms with E-state index in [4.69, 9.17) is 4.74 Å². The average Bonchev–Trinajstić information content (AvgIpc) is 2.36. The number of ether oxygens (including phenoxy) is 1. The molecule has 0 aliphatic carbocycles. The molecule has 1 aromatic rings. The van der Waals surface area contributed by atoms with Gasteiger partial charge in [0.25, 0.3) is 0 Å². The van der Waals surface area contributed by atoms with Crippen LogP contribution < -0.4 is 10.1 Å². The fourth-order valence-corrected chi connectivity index (χ4v) is 2.11. The molecule has 8 heteroatoms. The molecule has 0 aromatic heterocycles. The molecule has 1 aromatic carbocycles. The second kappa shape index (κ2) is 5.87. The minimum absolute atomic E-state index is 0.0942. The van der Waals surface area contributed by atoms with E-state index >= 15 is 0 Å². The summed E-state index contributed by atoms with van der Waals surface area (Å²) in [6.45, 7) is -0.0942. The standard InChI is InChI=1S/C13H12F5NO2/c14-11(15)4-7-1-2-10-8(3-7)5-9(6-21-10)19-12(20)13(16,17)18/h1-3,9,11H,4-6H2,(H,19,20)/t9-/m1/s1. The summed E-state index contributed by atoms with van der Waals surface area (Å²) in [6.07, 6.45) is -7.80. The molecule has 1 aliphatic rings. The summed E-state index contributed by atoms with van der Waals surface area (Å²) >= 11 is 0. The van der Waals surface area contributed by atoms with Gasteiger partial charge in [0, 0.05) is 6.42 Å². The van der Waals surface area contributed by atoms with Crippen LogP contribution in [0, 0.1) is 0 Å². The third-order valence-corrected chi connectivity index (χ3v) is 3.01. The Balaban J connectivity index is 2.06. The predicted octanol–water partition coefficient (Wildman–Crippen LogP) is 2.48. The highest BCUT2D eigenvalue weighted by atomic mass is 19.4. The van der Waals surface area contributed by atoms with E-state index in [1.165, 1.54) is 18.2 Å². The quantitative estimate of drug-likeness (QED) is 0.871. The molecule has 116 valence electrons. The molecule has 1 atom stereocenters. The Hall–Kier alpha value is -1.86. The van der Waals surface area contributed by atoms with Gasteiger partial charge < -0.3 is 10.1 Å². The van der Waals surface area contributed by atoms with Crippen molar-refractivity contribution in [1.82, 2.24) is 5.32 Å². The highest BCUT2D eigenvalue weighted by molar-refractivity contribution is 5.82. The van der Waals surface area contributed by atoms with Gasteiger partial charge in [-0.1, -0.05) is 12.1 Å². The van der Waals surface area contributed by atoms with E-state index in [1.54, 1.807) is 0 Å². The molecule has 0 unspecified atom stereocenters. The van der Waals surface area contributed by atoms with Crippen LogP contribution in [0.2, 0.25) is 0 Å². The van der Waals surface area contributed by atoms with E-state index in [0.717, 1.165) is 0 Å². The summed E-state index contributed by atoms with van der Waals surface area (Å²) in [6, 6.07) is 3.62. The van der Waals surface area contributed by atoms with Gasteiger partial charge in [-0.05, 0) is 23.6 Å². The topological polar surface area (TPSA) is 38.3 Å². The molecule has 0 saturated heterocycles. The van der Waals surface area contributed by atoms with Crippen LogP contribution in [0.3, 0.4) is 0 Å². The van der Waals surface area contributed by atoms with Crippen LogP contribution in [-0.2, 0) is 17.6 Å². The number of nitrogens with one attached hydrogen (secondary N) is 1. The van der Waals surface area contributed by atoms with Crippen molar-refractivity contribution in [1.29, 1.82) is 0 Å². The smallest absolute Gasteiger partial charge is 0.471 e. The summed E-state index contributed by atoms with van der Waals surface area (Å²) in [5, 5.41) is 1.82. The average molecular weight is 309 g/mol. The molecule has 21 heavy (non-hydrogen) atoms. The maximum absolute atomic E-state index is 12.3. The minimum Gasteiger partial charge on any atom is -0.491 e. The van der Waals surface area contributed by atoms with Crippen molar-refractivity contribution in [2.45, 2.75) is 31.5 Å². The number of benzene rings is 1. The summed E-state index contributed by atoms with van der Waals surface area (Å²) < 4.78 is 66.4. The molecule has 1 N–H and O–H groups in total. The minimum atomic E-state index is -4.96. The van der Waals surface area contributed by atoms with Gasteiger partial charge in [-0.2, -0.15) is 13.2 Å². The van der Waals surface area contributed by atoms with E-state index in [1.807, 2.05) is 5.32 Å². The van der Waals surface area contributed by atoms with Gasteiger partial charge in [-0.15, -0.1) is 0 Å². The van der Waals surface area contributed by atoms with E-state index < -0.39 is 31.0 Å². The molecular formula is C13H12F5NO2. The molecule has 1 amide bonds. The number of carbonyl (C=O) groups excluding carboxylic acids is 1. The Bertz CT molecular complexity index is 530. The van der Waals surface area contributed by atoms with Crippen LogP contribution >= 0.6 is 0 Å². The molecule has 2 rings (SSSR count). The normalized spacial score (nSPS) is 18.1. The van der Waals surface area contributed by atoms with Crippen molar-refractivity contribution < 1.29 is 31.5 Å². The largest absolute Gasteiger partial charge is 0.491 e. The van der Waals surface area contributed by atoms with Crippen LogP contribution in [0.1, 0.15) is 11.1 Å². The number of rotatable bonds is 3. The Morgan fingerprint density at radius 1 is 1.38 bits per heavy atom. The number of carbonyl (C=O) groups is 1. The maximum Gasteiger partial charge on any atom is 0.471 e. The monoisotopic (exact) mass is 309 g/mol. The first-order chi connectivity index (χ1) is 9.75. The fourth-order valence-electron chi connectivity index (χ4n) is 2.11. The molecule has 1 heterocycles. The maximum atomic E-state index is 12.3. The van der Waals surface area contributed by atoms with Gasteiger partial charge in [0.1, 0.15) is 12.4 Å². The fraction of sp³-hybridized carbons (Fsp3) is 0.462. The summed E-state index contributed by atoms with van der Waals surface area (Å²) in [5.74, 6) is -1.60. The van der Waals surface area contributed by atoms with Gasteiger partial charge in [0.15, 0.2) is 0 Å². The van der Waals surface area contributed by atoms with Crippen molar-refractivity contribution in [2.75, 3.05) is 6.61 Å². The number of fused-ring (bicyclic) bond motifs is 1. The zero-order valence-corrected chi connectivity index (χ0v) is 10.7. The predicted molar refractivity (Wildman–Crippen MR) is 63.3 cm³/mol. The van der Waals surface area contributed by atoms with Gasteiger partial charge in [0.2, 0.25) is 6.43 Å². The molecule has 0 saturated carbocycles. The van der Waals surface area contributed by atoms with Crippen molar-refractivity contribution in [3.8, 4) is 5.75 Å². The highest BCUT2D eigenvalue weighted by Gasteiger charge is 2.40. The summed E-state index contributed by atoms with van der Waals surface area (Å²) in [5.41, 5.74) is 0.877. The molecule has 0 bridgehead atoms. The molecule has 3 nitrogen and oxygen atoms in total. The van der Waals surface area contributed by atoms with Crippen LogP contribution in [-0.4, -0.2) is 31.2 Å². The van der Waals surface area contributed by atoms with Gasteiger partial charge in [0.05, 0.1) is 6.04 Å². The first kappa shape index (κ1) is 15.5. The van der Waals surface area contributed by atoms with Crippen molar-refractivity contribution in [2.24, 2.45) is 0 Å². The number of alkyl halides is 5. The van der Waals surface area contributed by atoms with Crippen LogP contribution in [0.5, 0.6) is 5.75 Å². The SMILES string of the molecule is O=C(N[C@H]1COc2ccc(CC(F)F)cc2C1)C(F)(F)F. The lowest BCUT2D eigenvalue weighted by atomic mass is 9.99. The lowest BCUT2D eigenvalue weighted by Crippen LogP contribution is -2.48. The highest BCUT2D eigenvalue weighted by Crippen LogP contribution is 2.27. The molecule has 1 aliphatic heterocycles. The Morgan fingerprint density at radius 3 is 2.71 bits per heavy atom. The van der Waals surface area contributed by atoms with Gasteiger partial charge >= 0.3 is 12.1 Å². The first-order valence-electron chi connectivity index (χ1n) is 6.16. The molecule has 0 spiro atoms. The lowest BCUT2D eigenvalue weighted by Gasteiger charge is -2.26. The van der Waals surface area contributed by atoms with Crippen molar-refractivity contribution in [3.05, 3.63) is 29.3 Å². The van der Waals surface area contributed by atoms with Gasteiger partial charge in [-0.3, -0.25) is 4.79 Å². The van der Waals surface area contributed by atoms with E-state index in [9.17, 15) is 26.7 Å². The molecule has 0 radical (unpaired) electrons. The number of halogens is 5. The summed E-state index contributed by atoms with van der Waals surface area (Å²) in [4.78, 5) is 10.9. The third-order valence-electron chi connectivity index (χ3n) is 3.01. The second-order valence-corrected chi connectivity index (χ2v) is 4.72. The second-order valence-electron chi connectivity index (χ2n) is 4.72. The van der Waals surface area contributed by atoms with Crippen LogP contribution in [0.25, 0.3) is 0 Å². The Kier molecular flexibility index (Phi) is 4.34. The van der Waals surface area contributed by atoms with E-state index in [-0.39, 0.29) is 13.0 Å². The molecular weight excluding hydrogens is 297 g/mol. The molecule has 0 fully saturated rings. The van der Waals surface area contributed by atoms with Crippen LogP contribution in [0.4, 0.5) is 22.0 Å². The number of hydrogen-bond acceptors (Lipinski definition) is 2. The Morgan fingerprint density at radius 2 is 2.10 bits per heavy atom. The van der Waals surface area contributed by atoms with Gasteiger partial charge in [-0.25, -0.2) is 8.78 Å². The van der Waals surface area contributed by atoms with Crippen LogP contribution in [0.15, 0.2) is 18.2 Å². The van der Waals surface area contributed by atoms with Crippen molar-refractivity contribution >= 4 is 5.91 Å². The summed E-state index contributed by atoms with van der Waals surface area (Å²) in [7, 11) is 0. The third kappa shape index (κ3) is 4.05. The van der Waals surface area contributed by atoms with E-state index in [0.29, 0.717) is 16.9 Å². The number of amides is 1. The zero-order chi connectivity index (χ0) is 15.6. The number of hydrogen-bond donors (Lipinski definition) is 1. The first-order valence-corrected chi connectivity index (χ1v) is 6.16.